The third-order valence-corrected chi connectivity index (χ3v) is 9.42. The maximum Gasteiger partial charge on any atom is 0.164 e. The van der Waals surface area contributed by atoms with E-state index in [-0.39, 0.29) is 5.41 Å². The van der Waals surface area contributed by atoms with Gasteiger partial charge in [0.15, 0.2) is 17.5 Å². The Morgan fingerprint density at radius 3 is 1.72 bits per heavy atom. The van der Waals surface area contributed by atoms with E-state index in [1.54, 1.807) is 0 Å². The molecular weight excluding hydrogens is 494 g/mol. The molecule has 2 aliphatic rings. The average molecular weight is 526 g/mol. The molecule has 39 heavy (non-hydrogen) atoms. The number of nitrogens with zero attached hydrogens (tertiary/aromatic N) is 3. The van der Waals surface area contributed by atoms with E-state index in [0.717, 1.165) is 22.5 Å². The summed E-state index contributed by atoms with van der Waals surface area (Å²) >= 11 is 1.90. The summed E-state index contributed by atoms with van der Waals surface area (Å²) in [6, 6.07) is 32.7. The highest BCUT2D eigenvalue weighted by atomic mass is 32.2. The highest BCUT2D eigenvalue weighted by Crippen LogP contribution is 2.55. The molecule has 1 aliphatic carbocycles. The van der Waals surface area contributed by atoms with Crippen LogP contribution in [0.2, 0.25) is 0 Å². The van der Waals surface area contributed by atoms with Gasteiger partial charge in [0, 0.05) is 31.9 Å². The largest absolute Gasteiger partial charge is 0.208 e. The van der Waals surface area contributed by atoms with Crippen LogP contribution in [0.4, 0.5) is 0 Å². The molecule has 1 spiro atoms. The van der Waals surface area contributed by atoms with Crippen molar-refractivity contribution in [3.63, 3.8) is 0 Å². The second-order valence-corrected chi connectivity index (χ2v) is 12.1. The van der Waals surface area contributed by atoms with E-state index in [9.17, 15) is 0 Å². The van der Waals surface area contributed by atoms with Gasteiger partial charge >= 0.3 is 0 Å². The van der Waals surface area contributed by atoms with E-state index in [1.165, 1.54) is 64.1 Å². The molecule has 7 rings (SSSR count). The SMILES string of the molecule is Cc1cccc(-c2nc(-c3cccc(C)c3)nc(-c3ccc4c(c3)C3(CCCCC3)c3ccccc3S4)n2)c1. The molecule has 5 aromatic rings. The first kappa shape index (κ1) is 24.3. The molecule has 3 nitrogen and oxygen atoms in total. The second kappa shape index (κ2) is 9.77. The highest BCUT2D eigenvalue weighted by Gasteiger charge is 2.41. The summed E-state index contributed by atoms with van der Waals surface area (Å²) in [6.07, 6.45) is 6.24. The van der Waals surface area contributed by atoms with E-state index in [2.05, 4.69) is 105 Å². The van der Waals surface area contributed by atoms with Crippen molar-refractivity contribution in [3.8, 4) is 34.2 Å². The molecule has 0 radical (unpaired) electrons. The molecule has 0 unspecified atom stereocenters. The normalized spacial score (nSPS) is 15.5. The van der Waals surface area contributed by atoms with Crippen LogP contribution in [0.15, 0.2) is 101 Å². The number of fused-ring (bicyclic) bond motifs is 4. The molecule has 0 saturated heterocycles. The van der Waals surface area contributed by atoms with E-state index < -0.39 is 0 Å². The fourth-order valence-corrected chi connectivity index (χ4v) is 7.63. The van der Waals surface area contributed by atoms with Gasteiger partial charge in [0.25, 0.3) is 0 Å². The van der Waals surface area contributed by atoms with Crippen LogP contribution in [0.1, 0.15) is 54.4 Å². The van der Waals surface area contributed by atoms with Gasteiger partial charge < -0.3 is 0 Å². The first-order valence-corrected chi connectivity index (χ1v) is 14.7. The molecule has 1 saturated carbocycles. The molecule has 192 valence electrons. The molecular formula is C35H31N3S. The van der Waals surface area contributed by atoms with Crippen molar-refractivity contribution in [1.82, 2.24) is 15.0 Å². The van der Waals surface area contributed by atoms with Gasteiger partial charge in [-0.25, -0.2) is 15.0 Å². The Bertz CT molecular complexity index is 1640. The third kappa shape index (κ3) is 4.37. The number of hydrogen-bond donors (Lipinski definition) is 0. The molecule has 0 amide bonds. The lowest BCUT2D eigenvalue weighted by Gasteiger charge is -2.43. The second-order valence-electron chi connectivity index (χ2n) is 11.0. The van der Waals surface area contributed by atoms with Crippen molar-refractivity contribution in [2.75, 3.05) is 0 Å². The summed E-state index contributed by atoms with van der Waals surface area (Å²) in [5.41, 5.74) is 8.47. The monoisotopic (exact) mass is 525 g/mol. The number of aryl methyl sites for hydroxylation is 2. The third-order valence-electron chi connectivity index (χ3n) is 8.27. The van der Waals surface area contributed by atoms with Crippen LogP contribution in [-0.4, -0.2) is 15.0 Å². The molecule has 0 atom stereocenters. The lowest BCUT2D eigenvalue weighted by molar-refractivity contribution is 0.335. The molecule has 4 heteroatoms. The summed E-state index contributed by atoms with van der Waals surface area (Å²) in [4.78, 5) is 17.8. The molecule has 0 bridgehead atoms. The predicted octanol–water partition coefficient (Wildman–Crippen LogP) is 9.20. The van der Waals surface area contributed by atoms with E-state index in [0.29, 0.717) is 11.6 Å². The molecule has 2 heterocycles. The number of hydrogen-bond acceptors (Lipinski definition) is 4. The summed E-state index contributed by atoms with van der Waals surface area (Å²) in [5.74, 6) is 2.16. The van der Waals surface area contributed by atoms with Crippen LogP contribution in [0, 0.1) is 13.8 Å². The predicted molar refractivity (Wildman–Crippen MR) is 160 cm³/mol. The Morgan fingerprint density at radius 2 is 1.10 bits per heavy atom. The molecule has 1 aromatic heterocycles. The van der Waals surface area contributed by atoms with E-state index in [4.69, 9.17) is 15.0 Å². The van der Waals surface area contributed by atoms with E-state index >= 15 is 0 Å². The van der Waals surface area contributed by atoms with Crippen molar-refractivity contribution in [2.45, 2.75) is 61.2 Å². The van der Waals surface area contributed by atoms with Gasteiger partial charge in [0.05, 0.1) is 0 Å². The fraction of sp³-hybridized carbons (Fsp3) is 0.229. The van der Waals surface area contributed by atoms with Gasteiger partial charge in [-0.15, -0.1) is 0 Å². The molecule has 0 N–H and O–H groups in total. The summed E-state index contributed by atoms with van der Waals surface area (Å²) < 4.78 is 0. The van der Waals surface area contributed by atoms with Gasteiger partial charge in [0.2, 0.25) is 0 Å². The van der Waals surface area contributed by atoms with E-state index in [1.807, 2.05) is 11.8 Å². The van der Waals surface area contributed by atoms with Crippen molar-refractivity contribution in [1.29, 1.82) is 0 Å². The Kier molecular flexibility index (Phi) is 6.08. The van der Waals surface area contributed by atoms with Gasteiger partial charge in [-0.05, 0) is 68.1 Å². The Hall–Kier alpha value is -3.76. The zero-order valence-corrected chi connectivity index (χ0v) is 23.3. The highest BCUT2D eigenvalue weighted by molar-refractivity contribution is 7.99. The van der Waals surface area contributed by atoms with Gasteiger partial charge in [-0.2, -0.15) is 0 Å². The Labute approximate surface area is 234 Å². The van der Waals surface area contributed by atoms with Crippen LogP contribution < -0.4 is 0 Å². The number of benzene rings is 4. The summed E-state index contributed by atoms with van der Waals surface area (Å²) in [6.45, 7) is 4.21. The summed E-state index contributed by atoms with van der Waals surface area (Å²) in [5, 5.41) is 0. The van der Waals surface area contributed by atoms with Crippen LogP contribution in [-0.2, 0) is 5.41 Å². The minimum absolute atomic E-state index is 0.0667. The van der Waals surface area contributed by atoms with Crippen LogP contribution in [0.5, 0.6) is 0 Å². The Balaban J connectivity index is 1.41. The lowest BCUT2D eigenvalue weighted by Crippen LogP contribution is -2.33. The first-order valence-electron chi connectivity index (χ1n) is 13.9. The number of rotatable bonds is 3. The quantitative estimate of drug-likeness (QED) is 0.235. The maximum atomic E-state index is 5.06. The minimum Gasteiger partial charge on any atom is -0.208 e. The van der Waals surface area contributed by atoms with Gasteiger partial charge in [0.1, 0.15) is 0 Å². The lowest BCUT2D eigenvalue weighted by atomic mass is 9.65. The first-order chi connectivity index (χ1) is 19.1. The Morgan fingerprint density at radius 1 is 0.538 bits per heavy atom. The zero-order chi connectivity index (χ0) is 26.4. The summed E-state index contributed by atoms with van der Waals surface area (Å²) in [7, 11) is 0. The standard InChI is InChI=1S/C35H31N3S/c1-23-10-8-12-25(20-23)32-36-33(26-13-9-11-24(2)21-26)38-34(37-32)27-16-17-31-29(22-27)35(18-6-3-7-19-35)28-14-4-5-15-30(28)39-31/h4-5,8-17,20-22H,3,6-7,18-19H2,1-2H3. The van der Waals surface area contributed by atoms with Crippen molar-refractivity contribution >= 4 is 11.8 Å². The maximum absolute atomic E-state index is 5.06. The average Bonchev–Trinajstić information content (AvgIpc) is 2.97. The fourth-order valence-electron chi connectivity index (χ4n) is 6.37. The van der Waals surface area contributed by atoms with Crippen LogP contribution >= 0.6 is 11.8 Å². The van der Waals surface area contributed by atoms with Gasteiger partial charge in [-0.3, -0.25) is 0 Å². The van der Waals surface area contributed by atoms with Crippen LogP contribution in [0.25, 0.3) is 34.2 Å². The minimum atomic E-state index is 0.0667. The molecule has 1 fully saturated rings. The number of aromatic nitrogens is 3. The van der Waals surface area contributed by atoms with Crippen LogP contribution in [0.3, 0.4) is 0 Å². The van der Waals surface area contributed by atoms with Crippen molar-refractivity contribution in [3.05, 3.63) is 113 Å². The van der Waals surface area contributed by atoms with Crippen molar-refractivity contribution < 1.29 is 0 Å². The molecule has 4 aromatic carbocycles. The molecule has 1 aliphatic heterocycles. The van der Waals surface area contributed by atoms with Crippen molar-refractivity contribution in [2.24, 2.45) is 0 Å². The topological polar surface area (TPSA) is 38.7 Å². The smallest absolute Gasteiger partial charge is 0.164 e. The zero-order valence-electron chi connectivity index (χ0n) is 22.4. The van der Waals surface area contributed by atoms with Gasteiger partial charge in [-0.1, -0.05) is 103 Å².